The quantitative estimate of drug-likeness (QED) is 0.774. The average molecular weight is 226 g/mol. The predicted octanol–water partition coefficient (Wildman–Crippen LogP) is 0.660. The predicted molar refractivity (Wildman–Crippen MR) is 65.6 cm³/mol. The lowest BCUT2D eigenvalue weighted by molar-refractivity contribution is 0.205. The first-order chi connectivity index (χ1) is 7.65. The second-order valence-electron chi connectivity index (χ2n) is 3.79. The van der Waals surface area contributed by atoms with E-state index < -0.39 is 0 Å². The van der Waals surface area contributed by atoms with Crippen LogP contribution in [0.1, 0.15) is 18.2 Å². The van der Waals surface area contributed by atoms with Gasteiger partial charge in [-0.25, -0.2) is 0 Å². The van der Waals surface area contributed by atoms with Crippen LogP contribution in [0.3, 0.4) is 0 Å². The molecule has 1 aromatic rings. The van der Waals surface area contributed by atoms with Gasteiger partial charge < -0.3 is 15.4 Å². The Morgan fingerprint density at radius 1 is 1.50 bits per heavy atom. The largest absolute Gasteiger partial charge is 0.383 e. The van der Waals surface area contributed by atoms with Crippen LogP contribution in [-0.2, 0) is 18.3 Å². The van der Waals surface area contributed by atoms with Gasteiger partial charge in [-0.05, 0) is 13.8 Å². The number of nitrogens with two attached hydrogens (primary N) is 1. The monoisotopic (exact) mass is 226 g/mol. The Labute approximate surface area is 97.2 Å². The fraction of sp³-hybridized carbons (Fsp3) is 0.727. The van der Waals surface area contributed by atoms with Crippen LogP contribution in [0.15, 0.2) is 0 Å². The van der Waals surface area contributed by atoms with Crippen molar-refractivity contribution in [1.29, 1.82) is 0 Å². The third kappa shape index (κ3) is 2.54. The maximum absolute atomic E-state index is 5.77. The van der Waals surface area contributed by atoms with Crippen LogP contribution < -0.4 is 10.6 Å². The van der Waals surface area contributed by atoms with E-state index in [4.69, 9.17) is 10.5 Å². The summed E-state index contributed by atoms with van der Waals surface area (Å²) in [7, 11) is 3.67. The maximum atomic E-state index is 5.77. The number of likely N-dealkylation sites (N-methyl/N-ethyl adjacent to an activating group) is 1. The Kier molecular flexibility index (Phi) is 4.76. The van der Waals surface area contributed by atoms with Gasteiger partial charge in [-0.15, -0.1) is 0 Å². The summed E-state index contributed by atoms with van der Waals surface area (Å²) in [6, 6.07) is 0. The van der Waals surface area contributed by atoms with Crippen molar-refractivity contribution in [2.24, 2.45) is 12.8 Å². The number of aromatic nitrogens is 2. The van der Waals surface area contributed by atoms with E-state index in [0.717, 1.165) is 30.2 Å². The molecule has 5 heteroatoms. The number of anilines is 1. The second-order valence-corrected chi connectivity index (χ2v) is 3.79. The molecule has 0 aliphatic heterocycles. The molecule has 5 nitrogen and oxygen atoms in total. The Hall–Kier alpha value is -1.07. The van der Waals surface area contributed by atoms with Gasteiger partial charge in [0.15, 0.2) is 0 Å². The number of aryl methyl sites for hydroxylation is 2. The normalized spacial score (nSPS) is 10.8. The Balaban J connectivity index is 2.98. The zero-order valence-electron chi connectivity index (χ0n) is 10.7. The molecule has 0 amide bonds. The summed E-state index contributed by atoms with van der Waals surface area (Å²) in [5.74, 6) is 1.11. The van der Waals surface area contributed by atoms with Crippen molar-refractivity contribution in [2.75, 3.05) is 31.7 Å². The third-order valence-electron chi connectivity index (χ3n) is 2.76. The first-order valence-corrected chi connectivity index (χ1v) is 5.62. The highest BCUT2D eigenvalue weighted by Gasteiger charge is 2.16. The van der Waals surface area contributed by atoms with Crippen molar-refractivity contribution < 1.29 is 4.74 Å². The summed E-state index contributed by atoms with van der Waals surface area (Å²) in [6.45, 7) is 7.14. The van der Waals surface area contributed by atoms with Gasteiger partial charge in [0.1, 0.15) is 5.82 Å². The highest BCUT2D eigenvalue weighted by molar-refractivity contribution is 5.50. The highest BCUT2D eigenvalue weighted by Crippen LogP contribution is 2.22. The fourth-order valence-corrected chi connectivity index (χ4v) is 1.94. The Bertz CT molecular complexity index is 335. The van der Waals surface area contributed by atoms with Gasteiger partial charge in [0.2, 0.25) is 0 Å². The van der Waals surface area contributed by atoms with E-state index in [2.05, 4.69) is 16.9 Å². The molecule has 0 atom stereocenters. The van der Waals surface area contributed by atoms with E-state index in [9.17, 15) is 0 Å². The van der Waals surface area contributed by atoms with E-state index in [-0.39, 0.29) is 0 Å². The first-order valence-electron chi connectivity index (χ1n) is 5.62. The van der Waals surface area contributed by atoms with Gasteiger partial charge in [-0.3, -0.25) is 4.68 Å². The van der Waals surface area contributed by atoms with Crippen molar-refractivity contribution in [3.63, 3.8) is 0 Å². The summed E-state index contributed by atoms with van der Waals surface area (Å²) >= 11 is 0. The molecule has 0 saturated carbocycles. The lowest BCUT2D eigenvalue weighted by Gasteiger charge is -2.23. The number of ether oxygens (including phenoxy) is 1. The molecule has 1 rings (SSSR count). The molecule has 0 bridgehead atoms. The average Bonchev–Trinajstić information content (AvgIpc) is 2.55. The number of methoxy groups -OCH3 is 1. The molecule has 1 heterocycles. The van der Waals surface area contributed by atoms with E-state index in [1.54, 1.807) is 7.11 Å². The minimum absolute atomic E-state index is 0.526. The van der Waals surface area contributed by atoms with Gasteiger partial charge in [0.05, 0.1) is 12.3 Å². The number of nitrogens with zero attached hydrogens (tertiary/aromatic N) is 3. The molecular formula is C11H22N4O. The van der Waals surface area contributed by atoms with Crippen molar-refractivity contribution in [2.45, 2.75) is 20.4 Å². The first kappa shape index (κ1) is 13.0. The molecule has 0 aliphatic rings. The molecule has 0 saturated heterocycles. The molecule has 0 spiro atoms. The van der Waals surface area contributed by atoms with Crippen LogP contribution in [0.5, 0.6) is 0 Å². The fourth-order valence-electron chi connectivity index (χ4n) is 1.94. The molecule has 0 radical (unpaired) electrons. The van der Waals surface area contributed by atoms with Crippen molar-refractivity contribution >= 4 is 5.82 Å². The van der Waals surface area contributed by atoms with E-state index in [0.29, 0.717) is 13.2 Å². The van der Waals surface area contributed by atoms with Crippen molar-refractivity contribution in [3.8, 4) is 0 Å². The minimum atomic E-state index is 0.526. The van der Waals surface area contributed by atoms with Crippen LogP contribution in [0.4, 0.5) is 5.82 Å². The van der Waals surface area contributed by atoms with Crippen LogP contribution in [0, 0.1) is 6.92 Å². The molecule has 16 heavy (non-hydrogen) atoms. The van der Waals surface area contributed by atoms with Crippen LogP contribution >= 0.6 is 0 Å². The van der Waals surface area contributed by atoms with Gasteiger partial charge >= 0.3 is 0 Å². The lowest BCUT2D eigenvalue weighted by Crippen LogP contribution is -2.29. The maximum Gasteiger partial charge on any atom is 0.131 e. The summed E-state index contributed by atoms with van der Waals surface area (Å²) in [5, 5.41) is 4.41. The standard InChI is InChI=1S/C11H22N4O/c1-5-15(6-7-16-4)11-10(8-12)9(2)13-14(11)3/h5-8,12H2,1-4H3. The number of hydrogen-bond acceptors (Lipinski definition) is 4. The van der Waals surface area contributed by atoms with Crippen molar-refractivity contribution in [3.05, 3.63) is 11.3 Å². The Morgan fingerprint density at radius 2 is 2.19 bits per heavy atom. The summed E-state index contributed by atoms with van der Waals surface area (Å²) in [6.07, 6.45) is 0. The molecule has 0 aromatic carbocycles. The zero-order valence-corrected chi connectivity index (χ0v) is 10.7. The van der Waals surface area contributed by atoms with Gasteiger partial charge in [-0.1, -0.05) is 0 Å². The van der Waals surface area contributed by atoms with Crippen LogP contribution in [-0.4, -0.2) is 36.6 Å². The minimum Gasteiger partial charge on any atom is -0.383 e. The highest BCUT2D eigenvalue weighted by atomic mass is 16.5. The summed E-state index contributed by atoms with van der Waals surface area (Å²) in [5.41, 5.74) is 7.91. The smallest absolute Gasteiger partial charge is 0.131 e. The van der Waals surface area contributed by atoms with Gasteiger partial charge in [0.25, 0.3) is 0 Å². The summed E-state index contributed by atoms with van der Waals surface area (Å²) < 4.78 is 7.01. The van der Waals surface area contributed by atoms with E-state index in [1.807, 2.05) is 18.7 Å². The van der Waals surface area contributed by atoms with Crippen molar-refractivity contribution in [1.82, 2.24) is 9.78 Å². The van der Waals surface area contributed by atoms with E-state index >= 15 is 0 Å². The van der Waals surface area contributed by atoms with Crippen LogP contribution in [0.2, 0.25) is 0 Å². The third-order valence-corrected chi connectivity index (χ3v) is 2.76. The zero-order chi connectivity index (χ0) is 12.1. The number of rotatable bonds is 6. The lowest BCUT2D eigenvalue weighted by atomic mass is 10.2. The molecule has 0 unspecified atom stereocenters. The number of hydrogen-bond donors (Lipinski definition) is 1. The van der Waals surface area contributed by atoms with Crippen LogP contribution in [0.25, 0.3) is 0 Å². The van der Waals surface area contributed by atoms with Gasteiger partial charge in [0, 0.05) is 39.4 Å². The molecular weight excluding hydrogens is 204 g/mol. The second kappa shape index (κ2) is 5.86. The topological polar surface area (TPSA) is 56.3 Å². The van der Waals surface area contributed by atoms with E-state index in [1.165, 1.54) is 0 Å². The molecule has 0 aliphatic carbocycles. The molecule has 0 fully saturated rings. The molecule has 2 N–H and O–H groups in total. The van der Waals surface area contributed by atoms with Gasteiger partial charge in [-0.2, -0.15) is 5.10 Å². The molecule has 1 aromatic heterocycles. The molecule has 92 valence electrons. The SMILES string of the molecule is CCN(CCOC)c1c(CN)c(C)nn1C. The Morgan fingerprint density at radius 3 is 2.69 bits per heavy atom. The summed E-state index contributed by atoms with van der Waals surface area (Å²) in [4.78, 5) is 2.24.